The number of aryl methyl sites for hydroxylation is 1. The minimum atomic E-state index is -0.329. The number of hydrogen-bond donors (Lipinski definition) is 1. The molecule has 7 heteroatoms. The number of pyridine rings is 1. The Morgan fingerprint density at radius 1 is 1.29 bits per heavy atom. The fourth-order valence-electron chi connectivity index (χ4n) is 2.79. The third kappa shape index (κ3) is 2.41. The molecule has 1 aliphatic heterocycles. The van der Waals surface area contributed by atoms with Gasteiger partial charge in [0.1, 0.15) is 18.2 Å². The maximum Gasteiger partial charge on any atom is 0.277 e. The van der Waals surface area contributed by atoms with Gasteiger partial charge in [-0.1, -0.05) is 23.7 Å². The molecule has 3 heterocycles. The largest absolute Gasteiger partial charge is 0.488 e. The molecule has 0 saturated heterocycles. The van der Waals surface area contributed by atoms with Crippen LogP contribution in [0.3, 0.4) is 0 Å². The number of para-hydroxylation sites is 1. The Hall–Kier alpha value is -2.86. The van der Waals surface area contributed by atoms with Crippen molar-refractivity contribution in [3.63, 3.8) is 0 Å². The van der Waals surface area contributed by atoms with Crippen molar-refractivity contribution in [1.29, 1.82) is 0 Å². The number of nitrogens with one attached hydrogen (secondary N) is 1. The van der Waals surface area contributed by atoms with Gasteiger partial charge >= 0.3 is 0 Å². The number of halogens is 1. The van der Waals surface area contributed by atoms with Crippen LogP contribution in [-0.4, -0.2) is 20.7 Å². The van der Waals surface area contributed by atoms with Gasteiger partial charge in [-0.2, -0.15) is 5.10 Å². The van der Waals surface area contributed by atoms with E-state index in [1.54, 1.807) is 16.8 Å². The highest BCUT2D eigenvalue weighted by Gasteiger charge is 2.28. The Morgan fingerprint density at radius 3 is 2.92 bits per heavy atom. The van der Waals surface area contributed by atoms with Crippen LogP contribution in [0.4, 0.5) is 5.82 Å². The summed E-state index contributed by atoms with van der Waals surface area (Å²) >= 11 is 5.80. The van der Waals surface area contributed by atoms with Crippen molar-refractivity contribution in [2.75, 3.05) is 5.32 Å². The predicted octanol–water partition coefficient (Wildman–Crippen LogP) is 3.28. The monoisotopic (exact) mass is 340 g/mol. The third-order valence-corrected chi connectivity index (χ3v) is 4.07. The van der Waals surface area contributed by atoms with Gasteiger partial charge in [-0.25, -0.2) is 4.98 Å². The Balaban J connectivity index is 1.71. The Kier molecular flexibility index (Phi) is 3.46. The van der Waals surface area contributed by atoms with Crippen LogP contribution in [0, 0.1) is 0 Å². The van der Waals surface area contributed by atoms with E-state index in [-0.39, 0.29) is 5.91 Å². The van der Waals surface area contributed by atoms with Crippen LogP contribution in [0.5, 0.6) is 5.75 Å². The van der Waals surface area contributed by atoms with Crippen molar-refractivity contribution in [3.05, 3.63) is 58.9 Å². The number of nitrogens with zero attached hydrogens (tertiary/aromatic N) is 3. The predicted molar refractivity (Wildman–Crippen MR) is 90.2 cm³/mol. The number of carbonyl (C=O) groups excluding carboxylic acids is 1. The van der Waals surface area contributed by atoms with Crippen LogP contribution in [0.1, 0.15) is 16.1 Å². The number of rotatable bonds is 2. The molecule has 0 aliphatic carbocycles. The van der Waals surface area contributed by atoms with E-state index in [0.29, 0.717) is 23.1 Å². The summed E-state index contributed by atoms with van der Waals surface area (Å²) < 4.78 is 7.46. The minimum absolute atomic E-state index is 0.303. The van der Waals surface area contributed by atoms with Crippen molar-refractivity contribution in [2.24, 2.45) is 7.05 Å². The van der Waals surface area contributed by atoms with Crippen molar-refractivity contribution in [1.82, 2.24) is 14.8 Å². The quantitative estimate of drug-likeness (QED) is 0.777. The lowest BCUT2D eigenvalue weighted by atomic mass is 10.0. The van der Waals surface area contributed by atoms with Crippen LogP contribution in [-0.2, 0) is 13.7 Å². The number of hydrogen-bond acceptors (Lipinski definition) is 4. The van der Waals surface area contributed by atoms with Crippen LogP contribution in [0.15, 0.2) is 42.6 Å². The van der Waals surface area contributed by atoms with Gasteiger partial charge < -0.3 is 10.1 Å². The molecule has 6 nitrogen and oxygen atoms in total. The SMILES string of the molecule is Cn1nc(C(=O)Nc2ccc(Cl)cn2)c2c1-c1ccccc1OC2. The second-order valence-electron chi connectivity index (χ2n) is 5.40. The maximum atomic E-state index is 12.6. The Morgan fingerprint density at radius 2 is 2.12 bits per heavy atom. The lowest BCUT2D eigenvalue weighted by molar-refractivity contribution is 0.101. The molecule has 0 saturated carbocycles. The van der Waals surface area contributed by atoms with Gasteiger partial charge in [-0.05, 0) is 24.3 Å². The molecule has 1 N–H and O–H groups in total. The molecule has 0 unspecified atom stereocenters. The van der Waals surface area contributed by atoms with Gasteiger partial charge in [0.05, 0.1) is 10.7 Å². The molecule has 0 atom stereocenters. The van der Waals surface area contributed by atoms with E-state index in [0.717, 1.165) is 22.6 Å². The molecule has 120 valence electrons. The van der Waals surface area contributed by atoms with Gasteiger partial charge in [0.25, 0.3) is 5.91 Å². The standard InChI is InChI=1S/C17H13ClN4O2/c1-22-16-11-4-2-3-5-13(11)24-9-12(16)15(21-22)17(23)20-14-7-6-10(18)8-19-14/h2-8H,9H2,1H3,(H,19,20,23). The van der Waals surface area contributed by atoms with Gasteiger partial charge in [0, 0.05) is 24.4 Å². The van der Waals surface area contributed by atoms with Gasteiger partial charge in [0.2, 0.25) is 0 Å². The van der Waals surface area contributed by atoms with Crippen LogP contribution in [0.2, 0.25) is 5.02 Å². The summed E-state index contributed by atoms with van der Waals surface area (Å²) in [5, 5.41) is 7.62. The molecule has 3 aromatic rings. The topological polar surface area (TPSA) is 69.0 Å². The first-order valence-corrected chi connectivity index (χ1v) is 7.72. The zero-order valence-electron chi connectivity index (χ0n) is 12.8. The summed E-state index contributed by atoms with van der Waals surface area (Å²) in [6, 6.07) is 11.0. The number of ether oxygens (including phenoxy) is 1. The zero-order chi connectivity index (χ0) is 16.7. The lowest BCUT2D eigenvalue weighted by Gasteiger charge is -2.18. The molecule has 0 radical (unpaired) electrons. The van der Waals surface area contributed by atoms with E-state index in [2.05, 4.69) is 15.4 Å². The molecule has 24 heavy (non-hydrogen) atoms. The first kappa shape index (κ1) is 14.7. The molecule has 4 rings (SSSR count). The highest BCUT2D eigenvalue weighted by atomic mass is 35.5. The molecule has 0 bridgehead atoms. The fraction of sp³-hybridized carbons (Fsp3) is 0.118. The van der Waals surface area contributed by atoms with Gasteiger partial charge in [0.15, 0.2) is 5.69 Å². The van der Waals surface area contributed by atoms with Gasteiger partial charge in [-0.15, -0.1) is 0 Å². The third-order valence-electron chi connectivity index (χ3n) is 3.84. The molecule has 1 aliphatic rings. The van der Waals surface area contributed by atoms with Crippen molar-refractivity contribution in [3.8, 4) is 17.0 Å². The molecular weight excluding hydrogens is 328 g/mol. The lowest BCUT2D eigenvalue weighted by Crippen LogP contribution is -2.17. The number of benzene rings is 1. The smallest absolute Gasteiger partial charge is 0.277 e. The molecular formula is C17H13ClN4O2. The number of anilines is 1. The fourth-order valence-corrected chi connectivity index (χ4v) is 2.90. The summed E-state index contributed by atoms with van der Waals surface area (Å²) in [7, 11) is 1.82. The number of carbonyl (C=O) groups is 1. The van der Waals surface area contributed by atoms with Crippen LogP contribution >= 0.6 is 11.6 Å². The normalized spacial score (nSPS) is 12.1. The van der Waals surface area contributed by atoms with Gasteiger partial charge in [-0.3, -0.25) is 9.48 Å². The van der Waals surface area contributed by atoms with Crippen molar-refractivity contribution in [2.45, 2.75) is 6.61 Å². The molecule has 2 aromatic heterocycles. The van der Waals surface area contributed by atoms with Crippen molar-refractivity contribution >= 4 is 23.3 Å². The average molecular weight is 341 g/mol. The molecule has 0 spiro atoms. The summed E-state index contributed by atoms with van der Waals surface area (Å²) in [4.78, 5) is 16.6. The summed E-state index contributed by atoms with van der Waals surface area (Å²) in [6.45, 7) is 0.303. The van der Waals surface area contributed by atoms with E-state index in [4.69, 9.17) is 16.3 Å². The summed E-state index contributed by atoms with van der Waals surface area (Å²) in [5.74, 6) is 0.880. The summed E-state index contributed by atoms with van der Waals surface area (Å²) in [5.41, 5.74) is 2.92. The van der Waals surface area contributed by atoms with E-state index in [9.17, 15) is 4.79 Å². The summed E-state index contributed by atoms with van der Waals surface area (Å²) in [6.07, 6.45) is 1.48. The van der Waals surface area contributed by atoms with Crippen LogP contribution in [0.25, 0.3) is 11.3 Å². The number of amides is 1. The van der Waals surface area contributed by atoms with E-state index >= 15 is 0 Å². The van der Waals surface area contributed by atoms with E-state index in [1.807, 2.05) is 31.3 Å². The van der Waals surface area contributed by atoms with Crippen molar-refractivity contribution < 1.29 is 9.53 Å². The maximum absolute atomic E-state index is 12.6. The van der Waals surface area contributed by atoms with E-state index < -0.39 is 0 Å². The van der Waals surface area contributed by atoms with Crippen LogP contribution < -0.4 is 10.1 Å². The molecule has 0 fully saturated rings. The Labute approximate surface area is 143 Å². The van der Waals surface area contributed by atoms with E-state index in [1.165, 1.54) is 6.20 Å². The minimum Gasteiger partial charge on any atom is -0.488 e. The number of fused-ring (bicyclic) bond motifs is 3. The average Bonchev–Trinajstić information content (AvgIpc) is 2.94. The Bertz CT molecular complexity index is 934. The molecule has 1 amide bonds. The molecule has 1 aromatic carbocycles. The highest BCUT2D eigenvalue weighted by Crippen LogP contribution is 2.38. The highest BCUT2D eigenvalue weighted by molar-refractivity contribution is 6.30. The second kappa shape index (κ2) is 5.65. The number of aromatic nitrogens is 3. The zero-order valence-corrected chi connectivity index (χ0v) is 13.5. The second-order valence-corrected chi connectivity index (χ2v) is 5.84. The first-order chi connectivity index (χ1) is 11.6. The first-order valence-electron chi connectivity index (χ1n) is 7.34.